The van der Waals surface area contributed by atoms with Crippen molar-refractivity contribution in [2.24, 2.45) is 0 Å². The molecule has 8 heteroatoms. The Bertz CT molecular complexity index is 535. The number of benzene rings is 1. The van der Waals surface area contributed by atoms with Gasteiger partial charge in [-0.05, 0) is 0 Å². The van der Waals surface area contributed by atoms with Crippen LogP contribution in [0.5, 0.6) is 17.2 Å². The Morgan fingerprint density at radius 3 is 2.70 bits per heavy atom. The SMILES string of the molecule is COc1cc(O)c([C@H]2NC(=O)OCC2(F)F)c(OC)c1. The highest BCUT2D eigenvalue weighted by atomic mass is 19.3. The third-order valence-corrected chi connectivity index (χ3v) is 2.92. The highest BCUT2D eigenvalue weighted by Crippen LogP contribution is 2.44. The van der Waals surface area contributed by atoms with Gasteiger partial charge in [0, 0.05) is 12.1 Å². The van der Waals surface area contributed by atoms with Gasteiger partial charge in [-0.1, -0.05) is 0 Å². The molecule has 0 aromatic heterocycles. The van der Waals surface area contributed by atoms with E-state index in [2.05, 4.69) is 4.74 Å². The Balaban J connectivity index is 2.52. The molecule has 20 heavy (non-hydrogen) atoms. The summed E-state index contributed by atoms with van der Waals surface area (Å²) < 4.78 is 41.9. The summed E-state index contributed by atoms with van der Waals surface area (Å²) in [5.74, 6) is -3.63. The summed E-state index contributed by atoms with van der Waals surface area (Å²) in [4.78, 5) is 11.2. The fourth-order valence-electron chi connectivity index (χ4n) is 1.96. The molecule has 0 spiro atoms. The minimum absolute atomic E-state index is 0.0197. The molecule has 1 amide bonds. The van der Waals surface area contributed by atoms with E-state index < -0.39 is 30.4 Å². The number of alkyl carbamates (subject to hydrolysis) is 1. The maximum atomic E-state index is 13.9. The molecule has 1 aliphatic heterocycles. The third-order valence-electron chi connectivity index (χ3n) is 2.92. The molecule has 0 radical (unpaired) electrons. The summed E-state index contributed by atoms with van der Waals surface area (Å²) in [5, 5.41) is 11.9. The van der Waals surface area contributed by atoms with E-state index in [0.29, 0.717) is 0 Å². The normalized spacial score (nSPS) is 20.8. The second-order valence-corrected chi connectivity index (χ2v) is 4.18. The van der Waals surface area contributed by atoms with Crippen molar-refractivity contribution in [2.75, 3.05) is 20.8 Å². The number of amides is 1. The lowest BCUT2D eigenvalue weighted by atomic mass is 9.97. The zero-order valence-electron chi connectivity index (χ0n) is 10.8. The molecule has 1 fully saturated rings. The van der Waals surface area contributed by atoms with Gasteiger partial charge in [-0.25, -0.2) is 13.6 Å². The number of phenolic OH excluding ortho intramolecular Hbond substituents is 1. The number of cyclic esters (lactones) is 1. The first kappa shape index (κ1) is 14.2. The molecular weight excluding hydrogens is 276 g/mol. The van der Waals surface area contributed by atoms with Gasteiger partial charge in [0.1, 0.15) is 23.3 Å². The molecule has 0 saturated carbocycles. The van der Waals surface area contributed by atoms with Crippen LogP contribution in [0.15, 0.2) is 12.1 Å². The standard InChI is InChI=1S/C12H13F2NO5/c1-18-6-3-7(16)9(8(4-6)19-2)10-12(13,14)5-20-11(17)15-10/h3-4,10,16H,5H2,1-2H3,(H,15,17)/t10-/m1/s1. The Kier molecular flexibility index (Phi) is 3.56. The number of halogens is 2. The number of hydrogen-bond donors (Lipinski definition) is 2. The van der Waals surface area contributed by atoms with E-state index >= 15 is 0 Å². The molecule has 1 aromatic carbocycles. The van der Waals surface area contributed by atoms with Crippen LogP contribution >= 0.6 is 0 Å². The van der Waals surface area contributed by atoms with Gasteiger partial charge < -0.3 is 24.6 Å². The largest absolute Gasteiger partial charge is 0.507 e. The van der Waals surface area contributed by atoms with Crippen LogP contribution in [0.25, 0.3) is 0 Å². The molecule has 1 aliphatic rings. The number of carbonyl (C=O) groups excluding carboxylic acids is 1. The molecule has 1 aromatic rings. The summed E-state index contributed by atoms with van der Waals surface area (Å²) in [6.07, 6.45) is -0.988. The highest BCUT2D eigenvalue weighted by Gasteiger charge is 2.49. The van der Waals surface area contributed by atoms with Gasteiger partial charge in [0.2, 0.25) is 0 Å². The lowest BCUT2D eigenvalue weighted by molar-refractivity contribution is -0.105. The summed E-state index contributed by atoms with van der Waals surface area (Å²) >= 11 is 0. The van der Waals surface area contributed by atoms with E-state index in [1.165, 1.54) is 20.3 Å². The number of hydrogen-bond acceptors (Lipinski definition) is 5. The maximum Gasteiger partial charge on any atom is 0.408 e. The average molecular weight is 289 g/mol. The molecule has 2 rings (SSSR count). The lowest BCUT2D eigenvalue weighted by Gasteiger charge is -2.32. The van der Waals surface area contributed by atoms with Crippen LogP contribution in [-0.4, -0.2) is 37.9 Å². The van der Waals surface area contributed by atoms with Gasteiger partial charge in [-0.3, -0.25) is 0 Å². The van der Waals surface area contributed by atoms with Crippen molar-refractivity contribution in [3.05, 3.63) is 17.7 Å². The molecule has 0 bridgehead atoms. The van der Waals surface area contributed by atoms with E-state index in [4.69, 9.17) is 9.47 Å². The van der Waals surface area contributed by atoms with Crippen LogP contribution in [0.1, 0.15) is 11.6 Å². The van der Waals surface area contributed by atoms with Crippen LogP contribution in [0.4, 0.5) is 13.6 Å². The Labute approximate surface area is 113 Å². The van der Waals surface area contributed by atoms with Crippen LogP contribution < -0.4 is 14.8 Å². The fraction of sp³-hybridized carbons (Fsp3) is 0.417. The van der Waals surface area contributed by atoms with Crippen molar-refractivity contribution >= 4 is 6.09 Å². The van der Waals surface area contributed by atoms with E-state index in [1.54, 1.807) is 0 Å². The molecule has 110 valence electrons. The van der Waals surface area contributed by atoms with Crippen molar-refractivity contribution in [2.45, 2.75) is 12.0 Å². The first-order chi connectivity index (χ1) is 9.39. The predicted molar refractivity (Wildman–Crippen MR) is 63.4 cm³/mol. The Morgan fingerprint density at radius 1 is 1.40 bits per heavy atom. The predicted octanol–water partition coefficient (Wildman–Crippen LogP) is 1.83. The van der Waals surface area contributed by atoms with Crippen LogP contribution in [0.3, 0.4) is 0 Å². The van der Waals surface area contributed by atoms with Crippen LogP contribution in [0, 0.1) is 0 Å². The number of alkyl halides is 2. The number of aromatic hydroxyl groups is 1. The van der Waals surface area contributed by atoms with Gasteiger partial charge in [-0.15, -0.1) is 0 Å². The van der Waals surface area contributed by atoms with Gasteiger partial charge >= 0.3 is 12.0 Å². The number of phenols is 1. The lowest BCUT2D eigenvalue weighted by Crippen LogP contribution is -2.49. The molecule has 1 saturated heterocycles. The zero-order valence-corrected chi connectivity index (χ0v) is 10.8. The summed E-state index contributed by atoms with van der Waals surface area (Å²) in [6.45, 7) is -1.07. The summed E-state index contributed by atoms with van der Waals surface area (Å²) in [6, 6.07) is 0.757. The van der Waals surface area contributed by atoms with Crippen molar-refractivity contribution in [3.8, 4) is 17.2 Å². The summed E-state index contributed by atoms with van der Waals surface area (Å²) in [7, 11) is 2.62. The van der Waals surface area contributed by atoms with Crippen molar-refractivity contribution < 1.29 is 32.9 Å². The van der Waals surface area contributed by atoms with Gasteiger partial charge in [0.05, 0.1) is 19.8 Å². The Morgan fingerprint density at radius 2 is 2.10 bits per heavy atom. The third kappa shape index (κ3) is 2.40. The molecule has 1 heterocycles. The van der Waals surface area contributed by atoms with Gasteiger partial charge in [-0.2, -0.15) is 0 Å². The quantitative estimate of drug-likeness (QED) is 0.887. The molecule has 0 aliphatic carbocycles. The molecule has 1 atom stereocenters. The smallest absolute Gasteiger partial charge is 0.408 e. The number of carbonyl (C=O) groups is 1. The van der Waals surface area contributed by atoms with Gasteiger partial charge in [0.15, 0.2) is 6.61 Å². The first-order valence-electron chi connectivity index (χ1n) is 5.65. The highest BCUT2D eigenvalue weighted by molar-refractivity contribution is 5.70. The molecule has 2 N–H and O–H groups in total. The topological polar surface area (TPSA) is 77.0 Å². The number of ether oxygens (including phenoxy) is 3. The second kappa shape index (κ2) is 5.03. The minimum atomic E-state index is -3.38. The first-order valence-corrected chi connectivity index (χ1v) is 5.65. The fourth-order valence-corrected chi connectivity index (χ4v) is 1.96. The maximum absolute atomic E-state index is 13.9. The molecule has 0 unspecified atom stereocenters. The van der Waals surface area contributed by atoms with Crippen molar-refractivity contribution in [3.63, 3.8) is 0 Å². The molecule has 6 nitrogen and oxygen atoms in total. The zero-order chi connectivity index (χ0) is 14.9. The number of rotatable bonds is 3. The number of nitrogens with one attached hydrogen (secondary N) is 1. The monoisotopic (exact) mass is 289 g/mol. The van der Waals surface area contributed by atoms with Crippen molar-refractivity contribution in [1.29, 1.82) is 0 Å². The minimum Gasteiger partial charge on any atom is -0.507 e. The summed E-state index contributed by atoms with van der Waals surface area (Å²) in [5.41, 5.74) is -0.227. The molecular formula is C12H13F2NO5. The Hall–Kier alpha value is -2.25. The van der Waals surface area contributed by atoms with Crippen LogP contribution in [-0.2, 0) is 4.74 Å². The average Bonchev–Trinajstić information content (AvgIpc) is 2.41. The van der Waals surface area contributed by atoms with E-state index in [-0.39, 0.29) is 17.1 Å². The van der Waals surface area contributed by atoms with E-state index in [1.807, 2.05) is 5.32 Å². The van der Waals surface area contributed by atoms with Crippen LogP contribution in [0.2, 0.25) is 0 Å². The second-order valence-electron chi connectivity index (χ2n) is 4.18. The van der Waals surface area contributed by atoms with E-state index in [9.17, 15) is 18.7 Å². The van der Waals surface area contributed by atoms with Gasteiger partial charge in [0.25, 0.3) is 0 Å². The van der Waals surface area contributed by atoms with Crippen molar-refractivity contribution in [1.82, 2.24) is 5.32 Å². The number of methoxy groups -OCH3 is 2. The van der Waals surface area contributed by atoms with E-state index in [0.717, 1.165) is 6.07 Å².